The van der Waals surface area contributed by atoms with Crippen LogP contribution in [0.4, 0.5) is 13.6 Å². The number of para-hydroxylation sites is 2. The van der Waals surface area contributed by atoms with Crippen LogP contribution in [0.25, 0.3) is 28.4 Å². The Kier molecular flexibility index (Phi) is 10.0. The summed E-state index contributed by atoms with van der Waals surface area (Å²) in [6.07, 6.45) is -0.787. The van der Waals surface area contributed by atoms with Crippen LogP contribution in [0.2, 0.25) is 0 Å². The molecular weight excluding hydrogens is 739 g/mol. The molecule has 2 aliphatic heterocycles. The summed E-state index contributed by atoms with van der Waals surface area (Å²) in [7, 11) is -4.14. The van der Waals surface area contributed by atoms with Crippen LogP contribution in [0, 0.1) is 11.3 Å². The molecule has 5 atom stereocenters. The third kappa shape index (κ3) is 7.97. The van der Waals surface area contributed by atoms with Crippen LogP contribution >= 0.6 is 0 Å². The summed E-state index contributed by atoms with van der Waals surface area (Å²) in [5, 5.41) is 4.24. The van der Waals surface area contributed by atoms with E-state index in [0.717, 1.165) is 5.56 Å². The van der Waals surface area contributed by atoms with E-state index in [0.29, 0.717) is 41.6 Å². The van der Waals surface area contributed by atoms with Crippen LogP contribution in [0.1, 0.15) is 58.4 Å². The van der Waals surface area contributed by atoms with E-state index in [4.69, 9.17) is 19.4 Å². The predicted octanol–water partition coefficient (Wildman–Crippen LogP) is 3.95. The molecule has 0 unspecified atom stereocenters. The fourth-order valence-electron chi connectivity index (χ4n) is 7.03. The summed E-state index contributed by atoms with van der Waals surface area (Å²) in [5.74, 6) is -4.46. The fraction of sp³-hybridized carbons (Fsp3) is 0.474. The highest BCUT2D eigenvalue weighted by molar-refractivity contribution is 7.91. The number of fused-ring (bicyclic) bond motifs is 7. The normalized spacial score (nSPS) is 26.5. The van der Waals surface area contributed by atoms with E-state index >= 15 is 0 Å². The Morgan fingerprint density at radius 2 is 1.78 bits per heavy atom. The Bertz CT molecular complexity index is 2170. The van der Waals surface area contributed by atoms with E-state index in [1.54, 1.807) is 32.9 Å². The number of cyclic esters (lactones) is 1. The Morgan fingerprint density at radius 3 is 2.45 bits per heavy atom. The molecule has 0 radical (unpaired) electrons. The lowest BCUT2D eigenvalue weighted by atomic mass is 9.85. The number of carbonyl (C=O) groups is 4. The Labute approximate surface area is 316 Å². The van der Waals surface area contributed by atoms with E-state index in [1.165, 1.54) is 4.90 Å². The quantitative estimate of drug-likeness (QED) is 0.331. The second-order valence-electron chi connectivity index (χ2n) is 15.5. The zero-order valence-corrected chi connectivity index (χ0v) is 31.3. The van der Waals surface area contributed by atoms with Crippen molar-refractivity contribution in [1.82, 2.24) is 30.2 Å². The molecule has 0 spiro atoms. The molecule has 3 fully saturated rings. The summed E-state index contributed by atoms with van der Waals surface area (Å²) in [5.41, 5.74) is -0.122. The standard InChI is InChI=1S/C38H42F2N6O8S/c1-37(2,3)30-34(48)46-20-23(18-28(46)32(47)44-38(19-25(38)31(39)40)35(49)45-55(51,52)24-14-15-24)54-33-29(41-26-12-4-5-13-27(26)42-33)22-11-8-10-21(17-22)9-6-7-16-53-36(50)43-30/h4-6,8-13,17,23-25,28,30-31H,7,14-16,18-20H2,1-3H3,(H,43,50)(H,44,47)(H,45,49)/b9-6+/t23-,25+,28+,30-,38-/m1/s1. The number of ether oxygens (including phenoxy) is 2. The highest BCUT2D eigenvalue weighted by Gasteiger charge is 2.67. The van der Waals surface area contributed by atoms with Gasteiger partial charge in [0.2, 0.25) is 34.1 Å². The largest absolute Gasteiger partial charge is 0.471 e. The highest BCUT2D eigenvalue weighted by Crippen LogP contribution is 2.48. The summed E-state index contributed by atoms with van der Waals surface area (Å²) >= 11 is 0. The van der Waals surface area contributed by atoms with Crippen molar-refractivity contribution >= 4 is 50.9 Å². The fourth-order valence-corrected chi connectivity index (χ4v) is 8.39. The van der Waals surface area contributed by atoms with Gasteiger partial charge in [0.1, 0.15) is 29.4 Å². The van der Waals surface area contributed by atoms with E-state index in [2.05, 4.69) is 10.6 Å². The summed E-state index contributed by atoms with van der Waals surface area (Å²) < 4.78 is 67.4. The summed E-state index contributed by atoms with van der Waals surface area (Å²) in [6.45, 7) is 4.94. The summed E-state index contributed by atoms with van der Waals surface area (Å²) in [4.78, 5) is 66.0. The molecule has 2 saturated carbocycles. The van der Waals surface area contributed by atoms with Gasteiger partial charge in [-0.15, -0.1) is 0 Å². The number of halogens is 2. The van der Waals surface area contributed by atoms with Gasteiger partial charge >= 0.3 is 6.09 Å². The number of hydrogen-bond acceptors (Lipinski definition) is 10. The second-order valence-corrected chi connectivity index (χ2v) is 17.5. The predicted molar refractivity (Wildman–Crippen MR) is 196 cm³/mol. The number of carbonyl (C=O) groups excluding carboxylic acids is 4. The van der Waals surface area contributed by atoms with Gasteiger partial charge in [0.05, 0.1) is 35.4 Å². The molecule has 1 saturated heterocycles. The van der Waals surface area contributed by atoms with Gasteiger partial charge in [0.25, 0.3) is 5.91 Å². The molecular formula is C38H42F2N6O8S. The number of alkyl halides is 2. The van der Waals surface area contributed by atoms with E-state index < -0.39 is 87.0 Å². The maximum atomic E-state index is 14.5. The highest BCUT2D eigenvalue weighted by atomic mass is 32.2. The number of aromatic nitrogens is 2. The Morgan fingerprint density at radius 1 is 1.05 bits per heavy atom. The lowest BCUT2D eigenvalue weighted by Crippen LogP contribution is -2.60. The maximum absolute atomic E-state index is 14.5. The molecule has 14 nitrogen and oxygen atoms in total. The Hall–Kier alpha value is -5.19. The molecule has 3 heterocycles. The van der Waals surface area contributed by atoms with Crippen molar-refractivity contribution in [3.63, 3.8) is 0 Å². The number of amides is 4. The first-order valence-corrected chi connectivity index (χ1v) is 19.7. The van der Waals surface area contributed by atoms with Gasteiger partial charge < -0.3 is 25.0 Å². The van der Waals surface area contributed by atoms with Crippen molar-refractivity contribution in [2.24, 2.45) is 11.3 Å². The zero-order valence-electron chi connectivity index (χ0n) is 30.5. The first kappa shape index (κ1) is 38.1. The van der Waals surface area contributed by atoms with Crippen molar-refractivity contribution in [3.8, 4) is 17.1 Å². The summed E-state index contributed by atoms with van der Waals surface area (Å²) in [6, 6.07) is 12.0. The zero-order chi connectivity index (χ0) is 39.3. The SMILES string of the molecule is CC(C)(C)[C@@H]1NC(=O)OCC/C=C/c2cccc(c2)-c2nc3ccccc3nc2O[C@@H]2C[C@@H](C(=O)N[C@]3(C(=O)NS(=O)(=O)C4CC4)C[C@H]3C(F)F)N(C2)C1=O. The molecule has 55 heavy (non-hydrogen) atoms. The van der Waals surface area contributed by atoms with Crippen LogP contribution in [-0.4, -0.2) is 95.7 Å². The van der Waals surface area contributed by atoms with Gasteiger partial charge in [-0.2, -0.15) is 0 Å². The van der Waals surface area contributed by atoms with Crippen LogP contribution < -0.4 is 20.1 Å². The Balaban J connectivity index is 1.27. The molecule has 7 rings (SSSR count). The first-order valence-electron chi connectivity index (χ1n) is 18.2. The van der Waals surface area contributed by atoms with E-state index in [-0.39, 0.29) is 25.5 Å². The molecule has 3 N–H and O–H groups in total. The van der Waals surface area contributed by atoms with Gasteiger partial charge in [0.15, 0.2) is 0 Å². The third-order valence-corrected chi connectivity index (χ3v) is 12.1. The molecule has 3 aromatic rings. The number of sulfonamides is 1. The monoisotopic (exact) mass is 780 g/mol. The van der Waals surface area contributed by atoms with Crippen LogP contribution in [0.3, 0.4) is 0 Å². The molecule has 4 bridgehead atoms. The van der Waals surface area contributed by atoms with Crippen molar-refractivity contribution in [2.45, 2.75) is 88.3 Å². The van der Waals surface area contributed by atoms with Gasteiger partial charge in [-0.25, -0.2) is 32.0 Å². The lowest BCUT2D eigenvalue weighted by Gasteiger charge is -2.35. The van der Waals surface area contributed by atoms with Gasteiger partial charge in [-0.1, -0.05) is 63.3 Å². The van der Waals surface area contributed by atoms with Crippen molar-refractivity contribution in [2.75, 3.05) is 13.2 Å². The number of rotatable bonds is 6. The minimum atomic E-state index is -4.14. The average molecular weight is 781 g/mol. The minimum Gasteiger partial charge on any atom is -0.471 e. The van der Waals surface area contributed by atoms with Gasteiger partial charge in [-0.05, 0) is 54.9 Å². The lowest BCUT2D eigenvalue weighted by molar-refractivity contribution is -0.143. The van der Waals surface area contributed by atoms with Gasteiger partial charge in [0, 0.05) is 12.0 Å². The van der Waals surface area contributed by atoms with Gasteiger partial charge in [-0.3, -0.25) is 19.1 Å². The molecule has 17 heteroatoms. The van der Waals surface area contributed by atoms with Crippen molar-refractivity contribution < 1.29 is 45.9 Å². The molecule has 2 aliphatic carbocycles. The number of benzene rings is 2. The number of alkyl carbamates (subject to hydrolysis) is 1. The molecule has 292 valence electrons. The van der Waals surface area contributed by atoms with Crippen molar-refractivity contribution in [3.05, 3.63) is 60.2 Å². The average Bonchev–Trinajstić information content (AvgIpc) is 4.06. The van der Waals surface area contributed by atoms with E-state index in [9.17, 15) is 36.4 Å². The van der Waals surface area contributed by atoms with Crippen LogP contribution in [-0.2, 0) is 29.1 Å². The molecule has 4 aliphatic rings. The minimum absolute atomic E-state index is 0.00392. The third-order valence-electron chi connectivity index (χ3n) is 10.3. The van der Waals surface area contributed by atoms with Crippen LogP contribution in [0.15, 0.2) is 54.6 Å². The number of nitrogens with zero attached hydrogens (tertiary/aromatic N) is 3. The first-order chi connectivity index (χ1) is 26.1. The smallest absolute Gasteiger partial charge is 0.407 e. The molecule has 2 aromatic carbocycles. The van der Waals surface area contributed by atoms with Crippen LogP contribution in [0.5, 0.6) is 5.88 Å². The maximum Gasteiger partial charge on any atom is 0.407 e. The number of nitrogens with one attached hydrogen (secondary N) is 3. The topological polar surface area (TPSA) is 186 Å². The molecule has 1 aromatic heterocycles. The molecule has 4 amide bonds. The number of hydrogen-bond donors (Lipinski definition) is 3. The van der Waals surface area contributed by atoms with E-state index in [1.807, 2.05) is 53.3 Å². The van der Waals surface area contributed by atoms with Crippen molar-refractivity contribution in [1.29, 1.82) is 0 Å². The second kappa shape index (κ2) is 14.5.